The predicted octanol–water partition coefficient (Wildman–Crippen LogP) is 4.75. The normalized spacial score (nSPS) is 15.7. The first-order valence-electron chi connectivity index (χ1n) is 5.04. The molecule has 16 heteroatoms. The summed E-state index contributed by atoms with van der Waals surface area (Å²) in [7, 11) is 0. The van der Waals surface area contributed by atoms with Crippen LogP contribution in [0.3, 0.4) is 0 Å². The SMILES string of the molecule is [O]C(F)(F)C(F)(F)C(F)(F)C(F)(F)C(F)(F)C(F)(F)C(F)(F)C#CF. The van der Waals surface area contributed by atoms with Gasteiger partial charge in [0.1, 0.15) is 6.17 Å². The predicted molar refractivity (Wildman–Crippen MR) is 44.2 cm³/mol. The molecule has 0 spiro atoms. The van der Waals surface area contributed by atoms with Crippen molar-refractivity contribution >= 4 is 0 Å². The third-order valence-corrected chi connectivity index (χ3v) is 2.54. The van der Waals surface area contributed by atoms with Crippen LogP contribution in [0.5, 0.6) is 0 Å². The van der Waals surface area contributed by atoms with Crippen molar-refractivity contribution in [2.24, 2.45) is 0 Å². The van der Waals surface area contributed by atoms with E-state index in [9.17, 15) is 71.0 Å². The van der Waals surface area contributed by atoms with Crippen molar-refractivity contribution in [1.82, 2.24) is 0 Å². The van der Waals surface area contributed by atoms with E-state index in [1.54, 1.807) is 0 Å². The van der Waals surface area contributed by atoms with Crippen molar-refractivity contribution in [2.75, 3.05) is 0 Å². The Kier molecular flexibility index (Phi) is 5.39. The van der Waals surface area contributed by atoms with Gasteiger partial charge in [-0.05, 0) is 0 Å². The van der Waals surface area contributed by atoms with Crippen molar-refractivity contribution < 1.29 is 71.0 Å². The van der Waals surface area contributed by atoms with Crippen LogP contribution in [0, 0.1) is 12.1 Å². The molecule has 0 aromatic rings. The number of alkyl halides is 14. The van der Waals surface area contributed by atoms with Gasteiger partial charge in [-0.15, -0.1) is 4.39 Å². The minimum Gasteiger partial charge on any atom is -0.192 e. The number of hydrogen-bond acceptors (Lipinski definition) is 0. The molecule has 0 atom stereocenters. The lowest BCUT2D eigenvalue weighted by Crippen LogP contribution is -2.72. The Morgan fingerprint density at radius 2 is 0.760 bits per heavy atom. The first-order chi connectivity index (χ1) is 10.6. The van der Waals surface area contributed by atoms with E-state index in [0.29, 0.717) is 0 Å². The molecule has 0 aromatic carbocycles. The maximum atomic E-state index is 12.9. The summed E-state index contributed by atoms with van der Waals surface area (Å²) in [6.07, 6.45) is -8.04. The van der Waals surface area contributed by atoms with E-state index in [2.05, 4.69) is 0 Å². The average Bonchev–Trinajstić information content (AvgIpc) is 2.35. The lowest BCUT2D eigenvalue weighted by molar-refractivity contribution is -0.467. The topological polar surface area (TPSA) is 19.9 Å². The maximum absolute atomic E-state index is 12.9. The third-order valence-electron chi connectivity index (χ3n) is 2.54. The quantitative estimate of drug-likeness (QED) is 0.446. The molecule has 0 aliphatic rings. The highest BCUT2D eigenvalue weighted by Gasteiger charge is 2.93. The van der Waals surface area contributed by atoms with Gasteiger partial charge in [0.05, 0.1) is 0 Å². The second-order valence-electron chi connectivity index (χ2n) is 4.18. The molecular formula is C9F15O. The molecule has 0 rings (SSSR count). The Balaban J connectivity index is 6.53. The van der Waals surface area contributed by atoms with E-state index in [1.807, 2.05) is 0 Å². The molecule has 0 aromatic heterocycles. The molecule has 0 heterocycles. The van der Waals surface area contributed by atoms with Crippen LogP contribution in [0.2, 0.25) is 0 Å². The largest absolute Gasteiger partial charge is 0.452 e. The molecule has 0 aliphatic heterocycles. The summed E-state index contributed by atoms with van der Waals surface area (Å²) in [6.45, 7) is 0. The smallest absolute Gasteiger partial charge is 0.192 e. The second kappa shape index (κ2) is 5.74. The molecule has 0 unspecified atom stereocenters. The monoisotopic (exact) mass is 409 g/mol. The van der Waals surface area contributed by atoms with Crippen molar-refractivity contribution in [3.8, 4) is 12.1 Å². The molecule has 0 aliphatic carbocycles. The molecule has 147 valence electrons. The summed E-state index contributed by atoms with van der Waals surface area (Å²) in [5, 5.41) is 9.55. The summed E-state index contributed by atoms with van der Waals surface area (Å²) in [4.78, 5) is 0. The summed E-state index contributed by atoms with van der Waals surface area (Å²) >= 11 is 0. The van der Waals surface area contributed by atoms with Gasteiger partial charge in [-0.25, -0.2) is 0 Å². The molecule has 0 bridgehead atoms. The maximum Gasteiger partial charge on any atom is 0.452 e. The number of hydrogen-bond donors (Lipinski definition) is 0. The fraction of sp³-hybridized carbons (Fsp3) is 0.778. The molecule has 1 nitrogen and oxygen atoms in total. The molecule has 0 N–H and O–H groups in total. The minimum atomic E-state index is -8.34. The molecule has 1 radical (unpaired) electrons. The van der Waals surface area contributed by atoms with Gasteiger partial charge in [0, 0.05) is 5.92 Å². The highest BCUT2D eigenvalue weighted by Crippen LogP contribution is 2.61. The standard InChI is InChI=1S/C9F15O/c10-2-1-3(11,12)4(13,14)5(15,16)6(17,18)7(19,20)8(21,22)9(23,24)25. The molecule has 0 saturated carbocycles. The van der Waals surface area contributed by atoms with Gasteiger partial charge in [-0.1, -0.05) is 0 Å². The van der Waals surface area contributed by atoms with Crippen LogP contribution in [0.25, 0.3) is 0 Å². The van der Waals surface area contributed by atoms with Crippen molar-refractivity contribution in [3.63, 3.8) is 0 Å². The van der Waals surface area contributed by atoms with Gasteiger partial charge in [0.2, 0.25) is 0 Å². The zero-order chi connectivity index (χ0) is 20.9. The van der Waals surface area contributed by atoms with Crippen LogP contribution in [0.4, 0.5) is 65.9 Å². The first kappa shape index (κ1) is 23.5. The van der Waals surface area contributed by atoms with Gasteiger partial charge in [0.25, 0.3) is 0 Å². The van der Waals surface area contributed by atoms with Gasteiger partial charge in [-0.2, -0.15) is 66.6 Å². The zero-order valence-corrected chi connectivity index (χ0v) is 10.6. The lowest BCUT2D eigenvalue weighted by Gasteiger charge is -2.40. The molecule has 0 fully saturated rings. The molecule has 0 saturated heterocycles. The first-order valence-corrected chi connectivity index (χ1v) is 5.04. The molecule has 0 amide bonds. The van der Waals surface area contributed by atoms with E-state index < -0.39 is 53.7 Å². The summed E-state index contributed by atoms with van der Waals surface area (Å²) in [6, 6.07) is 0. The Morgan fingerprint density at radius 3 is 1.04 bits per heavy atom. The van der Waals surface area contributed by atoms with Crippen molar-refractivity contribution in [1.29, 1.82) is 0 Å². The number of rotatable bonds is 6. The number of halogens is 15. The van der Waals surface area contributed by atoms with Crippen LogP contribution >= 0.6 is 0 Å². The summed E-state index contributed by atoms with van der Waals surface area (Å²) < 4.78 is 187. The van der Waals surface area contributed by atoms with Crippen LogP contribution in [-0.4, -0.2) is 41.6 Å². The van der Waals surface area contributed by atoms with Gasteiger partial charge in [0.15, 0.2) is 0 Å². The van der Waals surface area contributed by atoms with E-state index in [1.165, 1.54) is 0 Å². The lowest BCUT2D eigenvalue weighted by atomic mass is 9.91. The Labute approximate surface area is 126 Å². The Bertz CT molecular complexity index is 560. The van der Waals surface area contributed by atoms with Crippen LogP contribution in [0.1, 0.15) is 0 Å². The fourth-order valence-electron chi connectivity index (χ4n) is 1.11. The van der Waals surface area contributed by atoms with Gasteiger partial charge < -0.3 is 0 Å². The van der Waals surface area contributed by atoms with E-state index >= 15 is 0 Å². The fourth-order valence-corrected chi connectivity index (χ4v) is 1.11. The zero-order valence-electron chi connectivity index (χ0n) is 10.6. The van der Waals surface area contributed by atoms with Crippen LogP contribution < -0.4 is 0 Å². The third kappa shape index (κ3) is 2.95. The minimum absolute atomic E-state index is 0.633. The van der Waals surface area contributed by atoms with Gasteiger partial charge >= 0.3 is 41.6 Å². The van der Waals surface area contributed by atoms with Crippen molar-refractivity contribution in [3.05, 3.63) is 0 Å². The highest BCUT2D eigenvalue weighted by atomic mass is 19.4. The van der Waals surface area contributed by atoms with E-state index in [4.69, 9.17) is 0 Å². The average molecular weight is 409 g/mol. The van der Waals surface area contributed by atoms with Gasteiger partial charge in [-0.3, -0.25) is 0 Å². The Hall–Kier alpha value is -1.53. The van der Waals surface area contributed by atoms with E-state index in [0.717, 1.165) is 0 Å². The van der Waals surface area contributed by atoms with Crippen LogP contribution in [-0.2, 0) is 5.11 Å². The summed E-state index contributed by atoms with van der Waals surface area (Å²) in [5.41, 5.74) is 0. The highest BCUT2D eigenvalue weighted by molar-refractivity contribution is 5.20. The molecule has 25 heavy (non-hydrogen) atoms. The summed E-state index contributed by atoms with van der Waals surface area (Å²) in [5.74, 6) is -48.0. The van der Waals surface area contributed by atoms with Crippen LogP contribution in [0.15, 0.2) is 0 Å². The second-order valence-corrected chi connectivity index (χ2v) is 4.18. The van der Waals surface area contributed by atoms with E-state index in [-0.39, 0.29) is 0 Å². The molecular weight excluding hydrogens is 409 g/mol. The Morgan fingerprint density at radius 1 is 0.480 bits per heavy atom. The van der Waals surface area contributed by atoms with Crippen molar-refractivity contribution in [2.45, 2.75) is 41.6 Å².